The Bertz CT molecular complexity index is 1830. The molecular weight excluding hydrogens is 815 g/mol. The van der Waals surface area contributed by atoms with Gasteiger partial charge in [0, 0.05) is 36.6 Å². The molecule has 22 nitrogen and oxygen atoms in total. The second kappa shape index (κ2) is 28.6. The fraction of sp³-hybridized carbons (Fsp3) is 0.610. The van der Waals surface area contributed by atoms with Crippen LogP contribution < -0.4 is 66.7 Å². The molecule has 0 bridgehead atoms. The first kappa shape index (κ1) is 53.1. The van der Waals surface area contributed by atoms with Gasteiger partial charge in [-0.05, 0) is 88.4 Å². The molecule has 5 amide bonds. The maximum absolute atomic E-state index is 14.3. The van der Waals surface area contributed by atoms with E-state index in [-0.39, 0.29) is 69.5 Å². The van der Waals surface area contributed by atoms with Crippen LogP contribution in [-0.2, 0) is 35.2 Å². The number of guanidine groups is 2. The number of nitrogens with zero attached hydrogens (tertiary/aromatic N) is 2. The molecule has 0 spiro atoms. The molecule has 0 aliphatic rings. The van der Waals surface area contributed by atoms with Crippen molar-refractivity contribution in [1.29, 1.82) is 0 Å². The number of aliphatic carboxylic acids is 1. The molecule has 22 heteroatoms. The van der Waals surface area contributed by atoms with Crippen molar-refractivity contribution in [2.75, 3.05) is 26.2 Å². The van der Waals surface area contributed by atoms with Gasteiger partial charge < -0.3 is 76.8 Å². The van der Waals surface area contributed by atoms with E-state index in [1.807, 2.05) is 31.2 Å². The fourth-order valence-corrected chi connectivity index (χ4v) is 6.70. The topological polar surface area (TPSA) is 405 Å². The molecule has 63 heavy (non-hydrogen) atoms. The SMILES string of the molecule is CC[C@H](C)[C@H](NC(=O)[C@@H](N)CCCCN)C(=O)N[C@@H](CCCCN)C(=O)N[C@@H](CCCN=C(N)N)C(=O)N[C@@H](Cc1c[nH]c2ccccc12)C(=O)N[C@@H](CCCN=C(N)N)C(=O)O. The Balaban J connectivity index is 2.46. The Hall–Kier alpha value is -6.00. The highest BCUT2D eigenvalue weighted by atomic mass is 16.4. The fourth-order valence-electron chi connectivity index (χ4n) is 6.70. The number of rotatable bonds is 31. The van der Waals surface area contributed by atoms with Crippen molar-refractivity contribution in [3.63, 3.8) is 0 Å². The minimum atomic E-state index is -1.35. The maximum atomic E-state index is 14.3. The minimum absolute atomic E-state index is 0.00458. The number of para-hydroxylation sites is 1. The van der Waals surface area contributed by atoms with Gasteiger partial charge in [-0.2, -0.15) is 0 Å². The zero-order valence-corrected chi connectivity index (χ0v) is 36.6. The van der Waals surface area contributed by atoms with Gasteiger partial charge in [0.15, 0.2) is 11.9 Å². The summed E-state index contributed by atoms with van der Waals surface area (Å²) in [7, 11) is 0. The Labute approximate surface area is 368 Å². The standard InChI is InChI=1S/C41H71N15O7/c1-3-24(2)33(56-34(57)27(44)13-6-8-18-42)38(61)53-29(15-7-9-19-43)35(58)52-30(16-10-20-49-40(45)46)36(59)55-32(22-25-23-51-28-14-5-4-12-26(25)28)37(60)54-31(39(62)63)17-11-21-50-41(47)48/h4-5,12,14,23-24,27,29-33,51H,3,6-11,13,15-22,42-44H2,1-2H3,(H,52,58)(H,53,61)(H,54,60)(H,55,59)(H,56,57)(H,62,63)(H4,45,46,49)(H4,47,48,50)/t24-,27-,29-,30-,31-,32-,33-/m0/s1. The predicted octanol–water partition coefficient (Wildman–Crippen LogP) is -2.04. The molecule has 0 saturated carbocycles. The lowest BCUT2D eigenvalue weighted by atomic mass is 9.96. The third-order valence-electron chi connectivity index (χ3n) is 10.5. The monoisotopic (exact) mass is 886 g/mol. The minimum Gasteiger partial charge on any atom is -0.480 e. The predicted molar refractivity (Wildman–Crippen MR) is 242 cm³/mol. The van der Waals surface area contributed by atoms with Gasteiger partial charge in [0.2, 0.25) is 29.5 Å². The Morgan fingerprint density at radius 2 is 1.14 bits per heavy atom. The second-order valence-electron chi connectivity index (χ2n) is 15.6. The number of nitrogens with one attached hydrogen (secondary N) is 6. The van der Waals surface area contributed by atoms with Crippen molar-refractivity contribution < 1.29 is 33.9 Å². The van der Waals surface area contributed by atoms with Crippen LogP contribution in [0.15, 0.2) is 40.4 Å². The summed E-state index contributed by atoms with van der Waals surface area (Å²) in [5.41, 5.74) is 40.7. The molecule has 7 atom stereocenters. The second-order valence-corrected chi connectivity index (χ2v) is 15.6. The van der Waals surface area contributed by atoms with Crippen LogP contribution in [0.3, 0.4) is 0 Å². The number of carboxylic acid groups (broad SMARTS) is 1. The number of carboxylic acids is 1. The van der Waals surface area contributed by atoms with Crippen LogP contribution in [0.1, 0.15) is 90.0 Å². The van der Waals surface area contributed by atoms with E-state index in [1.54, 1.807) is 13.1 Å². The number of aromatic amines is 1. The Morgan fingerprint density at radius 1 is 0.651 bits per heavy atom. The van der Waals surface area contributed by atoms with Crippen molar-refractivity contribution in [1.82, 2.24) is 31.6 Å². The van der Waals surface area contributed by atoms with Crippen LogP contribution in [-0.4, -0.2) is 120 Å². The highest BCUT2D eigenvalue weighted by molar-refractivity contribution is 5.97. The number of carbonyl (C=O) groups is 6. The van der Waals surface area contributed by atoms with E-state index in [9.17, 15) is 33.9 Å². The molecule has 0 aliphatic heterocycles. The first-order chi connectivity index (χ1) is 30.0. The molecule has 21 N–H and O–H groups in total. The number of carbonyl (C=O) groups excluding carboxylic acids is 5. The van der Waals surface area contributed by atoms with Crippen molar-refractivity contribution >= 4 is 58.3 Å². The van der Waals surface area contributed by atoms with E-state index in [0.29, 0.717) is 57.2 Å². The van der Waals surface area contributed by atoms with Crippen LogP contribution in [0, 0.1) is 5.92 Å². The largest absolute Gasteiger partial charge is 0.480 e. The van der Waals surface area contributed by atoms with E-state index in [1.165, 1.54) is 0 Å². The Morgan fingerprint density at radius 3 is 1.70 bits per heavy atom. The van der Waals surface area contributed by atoms with Gasteiger partial charge in [0.1, 0.15) is 30.2 Å². The zero-order chi connectivity index (χ0) is 46.9. The molecule has 1 heterocycles. The summed E-state index contributed by atoms with van der Waals surface area (Å²) >= 11 is 0. The van der Waals surface area contributed by atoms with Gasteiger partial charge >= 0.3 is 5.97 Å². The lowest BCUT2D eigenvalue weighted by Gasteiger charge is -2.29. The Kier molecular flexibility index (Phi) is 24.1. The molecule has 2 aromatic rings. The number of aliphatic imine (C=N–C) groups is 2. The average molecular weight is 886 g/mol. The summed E-state index contributed by atoms with van der Waals surface area (Å²) in [5, 5.41) is 24.3. The molecule has 1 aromatic heterocycles. The third-order valence-corrected chi connectivity index (χ3v) is 10.5. The van der Waals surface area contributed by atoms with Gasteiger partial charge in [0.25, 0.3) is 0 Å². The number of benzene rings is 1. The molecule has 0 radical (unpaired) electrons. The maximum Gasteiger partial charge on any atom is 0.326 e. The highest BCUT2D eigenvalue weighted by Crippen LogP contribution is 2.20. The zero-order valence-electron chi connectivity index (χ0n) is 36.6. The van der Waals surface area contributed by atoms with Gasteiger partial charge in [-0.3, -0.25) is 34.0 Å². The van der Waals surface area contributed by atoms with Crippen molar-refractivity contribution in [3.8, 4) is 0 Å². The summed E-state index contributed by atoms with van der Waals surface area (Å²) in [4.78, 5) is 92.7. The lowest BCUT2D eigenvalue weighted by molar-refractivity contribution is -0.142. The smallest absolute Gasteiger partial charge is 0.326 e. The normalized spacial score (nSPS) is 14.4. The molecular formula is C41H71N15O7. The summed E-state index contributed by atoms with van der Waals surface area (Å²) in [6, 6.07) is 0.293. The molecule has 0 fully saturated rings. The number of H-pyrrole nitrogens is 1. The molecule has 2 rings (SSSR count). The molecule has 0 unspecified atom stereocenters. The number of hydrogen-bond acceptors (Lipinski definition) is 11. The average Bonchev–Trinajstić information content (AvgIpc) is 3.65. The first-order valence-electron chi connectivity index (χ1n) is 21.6. The van der Waals surface area contributed by atoms with Crippen LogP contribution in [0.25, 0.3) is 10.9 Å². The van der Waals surface area contributed by atoms with E-state index >= 15 is 0 Å². The molecule has 0 saturated heterocycles. The number of hydrogen-bond donors (Lipinski definition) is 14. The number of fused-ring (bicyclic) bond motifs is 1. The van der Waals surface area contributed by atoms with E-state index in [0.717, 1.165) is 10.9 Å². The third kappa shape index (κ3) is 19.3. The lowest BCUT2D eigenvalue weighted by Crippen LogP contribution is -2.60. The number of unbranched alkanes of at least 4 members (excludes halogenated alkanes) is 2. The molecule has 0 aliphatic carbocycles. The van der Waals surface area contributed by atoms with E-state index in [2.05, 4.69) is 41.6 Å². The van der Waals surface area contributed by atoms with Gasteiger partial charge in [-0.15, -0.1) is 0 Å². The first-order valence-corrected chi connectivity index (χ1v) is 21.6. The summed E-state index contributed by atoms with van der Waals surface area (Å²) in [6.45, 7) is 4.66. The summed E-state index contributed by atoms with van der Waals surface area (Å²) < 4.78 is 0. The van der Waals surface area contributed by atoms with Gasteiger partial charge in [-0.25, -0.2) is 4.79 Å². The van der Waals surface area contributed by atoms with Crippen LogP contribution in [0.2, 0.25) is 0 Å². The van der Waals surface area contributed by atoms with Gasteiger partial charge in [0.05, 0.1) is 6.04 Å². The van der Waals surface area contributed by atoms with Crippen LogP contribution >= 0.6 is 0 Å². The van der Waals surface area contributed by atoms with Crippen LogP contribution in [0.5, 0.6) is 0 Å². The van der Waals surface area contributed by atoms with Crippen molar-refractivity contribution in [2.45, 2.75) is 127 Å². The number of nitrogens with two attached hydrogens (primary N) is 7. The number of aromatic nitrogens is 1. The molecule has 352 valence electrons. The van der Waals surface area contributed by atoms with Crippen molar-refractivity contribution in [2.24, 2.45) is 56.0 Å². The highest BCUT2D eigenvalue weighted by Gasteiger charge is 2.34. The number of amides is 5. The molecule has 1 aromatic carbocycles. The quantitative estimate of drug-likeness (QED) is 0.0220. The van der Waals surface area contributed by atoms with E-state index in [4.69, 9.17) is 40.1 Å². The summed E-state index contributed by atoms with van der Waals surface area (Å²) in [6.07, 6.45) is 5.37. The van der Waals surface area contributed by atoms with E-state index < -0.39 is 71.8 Å². The van der Waals surface area contributed by atoms with Crippen molar-refractivity contribution in [3.05, 3.63) is 36.0 Å². The van der Waals surface area contributed by atoms with Crippen LogP contribution in [0.4, 0.5) is 0 Å². The summed E-state index contributed by atoms with van der Waals surface area (Å²) in [5.74, 6) is -5.39. The van der Waals surface area contributed by atoms with Gasteiger partial charge in [-0.1, -0.05) is 44.9 Å².